The van der Waals surface area contributed by atoms with Crippen LogP contribution >= 0.6 is 15.9 Å². The van der Waals surface area contributed by atoms with Gasteiger partial charge in [0.05, 0.1) is 11.5 Å². The molecule has 1 aliphatic carbocycles. The first kappa shape index (κ1) is 16.9. The summed E-state index contributed by atoms with van der Waals surface area (Å²) in [6.45, 7) is 3.79. The highest BCUT2D eigenvalue weighted by molar-refractivity contribution is 9.10. The Morgan fingerprint density at radius 2 is 2.14 bits per heavy atom. The topological polar surface area (TPSA) is 67.4 Å². The molecule has 5 nitrogen and oxygen atoms in total. The fraction of sp³-hybridized carbons (Fsp3) is 0.571. The molecule has 0 spiro atoms. The lowest BCUT2D eigenvalue weighted by Gasteiger charge is -2.11. The van der Waals surface area contributed by atoms with Crippen LogP contribution in [0.1, 0.15) is 25.3 Å². The fourth-order valence-corrected chi connectivity index (χ4v) is 3.91. The Bertz CT molecular complexity index is 574. The van der Waals surface area contributed by atoms with Gasteiger partial charge in [-0.3, -0.25) is 0 Å². The molecule has 0 atom stereocenters. The van der Waals surface area contributed by atoms with Gasteiger partial charge in [-0.2, -0.15) is 0 Å². The van der Waals surface area contributed by atoms with Gasteiger partial charge in [-0.05, 0) is 53.4 Å². The first-order chi connectivity index (χ1) is 10.0. The van der Waals surface area contributed by atoms with E-state index in [0.717, 1.165) is 5.56 Å². The van der Waals surface area contributed by atoms with E-state index < -0.39 is 10.0 Å². The normalized spacial score (nSPS) is 15.3. The molecule has 0 heterocycles. The fourth-order valence-electron chi connectivity index (χ4n) is 1.88. The van der Waals surface area contributed by atoms with Crippen molar-refractivity contribution in [3.63, 3.8) is 0 Å². The first-order valence-corrected chi connectivity index (χ1v) is 9.40. The number of rotatable bonds is 9. The first-order valence-electron chi connectivity index (χ1n) is 7.12. The molecule has 0 aromatic heterocycles. The number of nitrogens with one attached hydrogen (secondary N) is 2. The Balaban J connectivity index is 2.03. The van der Waals surface area contributed by atoms with Gasteiger partial charge in [0, 0.05) is 30.2 Å². The van der Waals surface area contributed by atoms with Crippen LogP contribution in [0.5, 0.6) is 0 Å². The van der Waals surface area contributed by atoms with E-state index in [1.165, 1.54) is 12.8 Å². The summed E-state index contributed by atoms with van der Waals surface area (Å²) in [5.74, 6) is 0. The Kier molecular flexibility index (Phi) is 6.19. The molecule has 0 saturated heterocycles. The SMILES string of the molecule is CCOCCNS(=O)(=O)c1cc(CNC2CC2)ccc1Br. The molecular formula is C14H21BrN2O3S. The predicted octanol–water partition coefficient (Wildman–Crippen LogP) is 2.02. The lowest BCUT2D eigenvalue weighted by atomic mass is 10.2. The lowest BCUT2D eigenvalue weighted by molar-refractivity contribution is 0.153. The van der Waals surface area contributed by atoms with Gasteiger partial charge in [-0.1, -0.05) is 6.07 Å². The molecule has 1 aromatic rings. The van der Waals surface area contributed by atoms with E-state index in [9.17, 15) is 8.42 Å². The zero-order valence-corrected chi connectivity index (χ0v) is 14.5. The summed E-state index contributed by atoms with van der Waals surface area (Å²) in [6, 6.07) is 6.01. The Morgan fingerprint density at radius 1 is 1.38 bits per heavy atom. The number of benzene rings is 1. The lowest BCUT2D eigenvalue weighted by Crippen LogP contribution is -2.28. The number of hydrogen-bond acceptors (Lipinski definition) is 4. The molecule has 0 aliphatic heterocycles. The third-order valence-electron chi connectivity index (χ3n) is 3.20. The minimum atomic E-state index is -3.52. The van der Waals surface area contributed by atoms with E-state index in [-0.39, 0.29) is 11.4 Å². The third-order valence-corrected chi connectivity index (χ3v) is 5.65. The molecule has 1 saturated carbocycles. The molecule has 0 amide bonds. The van der Waals surface area contributed by atoms with Gasteiger partial charge in [-0.15, -0.1) is 0 Å². The van der Waals surface area contributed by atoms with Crippen LogP contribution in [0, 0.1) is 0 Å². The minimum Gasteiger partial charge on any atom is -0.380 e. The second-order valence-corrected chi connectivity index (χ2v) is 7.60. The van der Waals surface area contributed by atoms with Crippen LogP contribution in [-0.2, 0) is 21.3 Å². The molecule has 0 radical (unpaired) electrons. The van der Waals surface area contributed by atoms with Gasteiger partial charge in [0.1, 0.15) is 0 Å². The van der Waals surface area contributed by atoms with E-state index in [2.05, 4.69) is 26.0 Å². The van der Waals surface area contributed by atoms with Crippen LogP contribution < -0.4 is 10.0 Å². The summed E-state index contributed by atoms with van der Waals surface area (Å²) >= 11 is 3.31. The molecule has 1 aliphatic rings. The smallest absolute Gasteiger partial charge is 0.241 e. The number of hydrogen-bond donors (Lipinski definition) is 2. The molecule has 0 bridgehead atoms. The molecule has 2 N–H and O–H groups in total. The van der Waals surface area contributed by atoms with E-state index >= 15 is 0 Å². The van der Waals surface area contributed by atoms with Crippen molar-refractivity contribution in [1.29, 1.82) is 0 Å². The van der Waals surface area contributed by atoms with Crippen molar-refractivity contribution in [1.82, 2.24) is 10.0 Å². The maximum atomic E-state index is 12.3. The van der Waals surface area contributed by atoms with Gasteiger partial charge in [-0.25, -0.2) is 13.1 Å². The van der Waals surface area contributed by atoms with Gasteiger partial charge >= 0.3 is 0 Å². The molecule has 7 heteroatoms. The minimum absolute atomic E-state index is 0.271. The van der Waals surface area contributed by atoms with Crippen molar-refractivity contribution < 1.29 is 13.2 Å². The van der Waals surface area contributed by atoms with Crippen molar-refractivity contribution in [2.45, 2.75) is 37.2 Å². The highest BCUT2D eigenvalue weighted by atomic mass is 79.9. The number of halogens is 1. The van der Waals surface area contributed by atoms with Crippen molar-refractivity contribution >= 4 is 26.0 Å². The monoisotopic (exact) mass is 376 g/mol. The summed E-state index contributed by atoms with van der Waals surface area (Å²) in [6.07, 6.45) is 2.42. The number of sulfonamides is 1. The molecular weight excluding hydrogens is 356 g/mol. The van der Waals surface area contributed by atoms with Gasteiger partial charge in [0.15, 0.2) is 0 Å². The van der Waals surface area contributed by atoms with Crippen LogP contribution in [0.2, 0.25) is 0 Å². The third kappa shape index (κ3) is 5.34. The van der Waals surface area contributed by atoms with Crippen LogP contribution in [-0.4, -0.2) is 34.2 Å². The van der Waals surface area contributed by atoms with Crippen molar-refractivity contribution in [2.24, 2.45) is 0 Å². The zero-order valence-electron chi connectivity index (χ0n) is 12.1. The molecule has 0 unspecified atom stereocenters. The second-order valence-electron chi connectivity index (χ2n) is 5.01. The maximum absolute atomic E-state index is 12.3. The van der Waals surface area contributed by atoms with Crippen molar-refractivity contribution in [3.05, 3.63) is 28.2 Å². The van der Waals surface area contributed by atoms with Crippen LogP contribution in [0.15, 0.2) is 27.6 Å². The average molecular weight is 377 g/mol. The van der Waals surface area contributed by atoms with Crippen LogP contribution in [0.4, 0.5) is 0 Å². The van der Waals surface area contributed by atoms with Crippen molar-refractivity contribution in [3.8, 4) is 0 Å². The van der Waals surface area contributed by atoms with E-state index in [4.69, 9.17) is 4.74 Å². The predicted molar refractivity (Wildman–Crippen MR) is 85.7 cm³/mol. The second kappa shape index (κ2) is 7.69. The largest absolute Gasteiger partial charge is 0.380 e. The maximum Gasteiger partial charge on any atom is 0.241 e. The molecule has 2 rings (SSSR count). The highest BCUT2D eigenvalue weighted by Gasteiger charge is 2.21. The summed E-state index contributed by atoms with van der Waals surface area (Å²) in [5.41, 5.74) is 0.968. The molecule has 1 aromatic carbocycles. The standard InChI is InChI=1S/C14H21BrN2O3S/c1-2-20-8-7-17-21(18,19)14-9-11(3-6-13(14)15)10-16-12-4-5-12/h3,6,9,12,16-17H,2,4-5,7-8,10H2,1H3. The summed E-state index contributed by atoms with van der Waals surface area (Å²) in [5, 5.41) is 3.38. The molecule has 21 heavy (non-hydrogen) atoms. The van der Waals surface area contributed by atoms with Crippen LogP contribution in [0.25, 0.3) is 0 Å². The quantitative estimate of drug-likeness (QED) is 0.647. The van der Waals surface area contributed by atoms with E-state index in [0.29, 0.717) is 30.3 Å². The average Bonchev–Trinajstić information content (AvgIpc) is 3.27. The van der Waals surface area contributed by atoms with Gasteiger partial charge in [0.2, 0.25) is 10.0 Å². The van der Waals surface area contributed by atoms with E-state index in [1.807, 2.05) is 13.0 Å². The highest BCUT2D eigenvalue weighted by Crippen LogP contribution is 2.24. The molecule has 118 valence electrons. The zero-order chi connectivity index (χ0) is 15.3. The van der Waals surface area contributed by atoms with Gasteiger partial charge < -0.3 is 10.1 Å². The summed E-state index contributed by atoms with van der Waals surface area (Å²) in [7, 11) is -3.52. The Morgan fingerprint density at radius 3 is 2.81 bits per heavy atom. The Hall–Kier alpha value is -0.470. The summed E-state index contributed by atoms with van der Waals surface area (Å²) < 4.78 is 32.9. The molecule has 1 fully saturated rings. The summed E-state index contributed by atoms with van der Waals surface area (Å²) in [4.78, 5) is 0.272. The van der Waals surface area contributed by atoms with Gasteiger partial charge in [0.25, 0.3) is 0 Å². The van der Waals surface area contributed by atoms with Crippen LogP contribution in [0.3, 0.4) is 0 Å². The Labute approximate surface area is 134 Å². The van der Waals surface area contributed by atoms with E-state index in [1.54, 1.807) is 12.1 Å². The van der Waals surface area contributed by atoms with Crippen molar-refractivity contribution in [2.75, 3.05) is 19.8 Å². The number of ether oxygens (including phenoxy) is 1.